The highest BCUT2D eigenvalue weighted by molar-refractivity contribution is 6.00. The molecule has 0 saturated carbocycles. The van der Waals surface area contributed by atoms with Crippen LogP contribution in [0.3, 0.4) is 0 Å². The van der Waals surface area contributed by atoms with E-state index in [1.807, 2.05) is 42.5 Å². The smallest absolute Gasteiger partial charge is 0.408 e. The Bertz CT molecular complexity index is 984. The van der Waals surface area contributed by atoms with E-state index in [9.17, 15) is 9.59 Å². The van der Waals surface area contributed by atoms with Gasteiger partial charge in [-0.2, -0.15) is 0 Å². The maximum atomic E-state index is 13.6. The number of hydrogen-bond donors (Lipinski definition) is 2. The van der Waals surface area contributed by atoms with Gasteiger partial charge in [-0.25, -0.2) is 4.79 Å². The van der Waals surface area contributed by atoms with Gasteiger partial charge in [0, 0.05) is 37.5 Å². The van der Waals surface area contributed by atoms with Gasteiger partial charge in [0.15, 0.2) is 0 Å². The molecular weight excluding hydrogens is 430 g/mol. The molecular formula is C27H35N3O4. The summed E-state index contributed by atoms with van der Waals surface area (Å²) >= 11 is 0. The molecule has 0 aromatic heterocycles. The second-order valence-electron chi connectivity index (χ2n) is 9.06. The van der Waals surface area contributed by atoms with Crippen molar-refractivity contribution in [2.45, 2.75) is 57.6 Å². The van der Waals surface area contributed by atoms with Crippen LogP contribution in [0.2, 0.25) is 0 Å². The number of anilines is 2. The summed E-state index contributed by atoms with van der Waals surface area (Å²) < 4.78 is 11.0. The normalized spacial score (nSPS) is 21.4. The molecule has 2 aliphatic rings. The van der Waals surface area contributed by atoms with Crippen molar-refractivity contribution < 1.29 is 19.1 Å². The quantitative estimate of drug-likeness (QED) is 0.608. The van der Waals surface area contributed by atoms with Crippen LogP contribution in [0, 0.1) is 0 Å². The zero-order valence-corrected chi connectivity index (χ0v) is 20.1. The van der Waals surface area contributed by atoms with Crippen molar-refractivity contribution in [2.24, 2.45) is 0 Å². The van der Waals surface area contributed by atoms with Crippen molar-refractivity contribution >= 4 is 23.4 Å². The van der Waals surface area contributed by atoms with Crippen molar-refractivity contribution in [1.29, 1.82) is 0 Å². The number of rotatable bonds is 8. The minimum Gasteiger partial charge on any atom is -0.447 e. The Morgan fingerprint density at radius 1 is 1.09 bits per heavy atom. The molecule has 7 nitrogen and oxygen atoms in total. The Labute approximate surface area is 201 Å². The molecule has 0 radical (unpaired) electrons. The van der Waals surface area contributed by atoms with Gasteiger partial charge in [-0.3, -0.25) is 4.79 Å². The lowest BCUT2D eigenvalue weighted by Crippen LogP contribution is -2.60. The van der Waals surface area contributed by atoms with Crippen LogP contribution < -0.4 is 15.5 Å². The van der Waals surface area contributed by atoms with E-state index in [0.717, 1.165) is 37.2 Å². The van der Waals surface area contributed by atoms with E-state index in [4.69, 9.17) is 9.47 Å². The Morgan fingerprint density at radius 3 is 2.50 bits per heavy atom. The molecule has 182 valence electrons. The summed E-state index contributed by atoms with van der Waals surface area (Å²) in [6, 6.07) is 15.9. The van der Waals surface area contributed by atoms with E-state index in [1.165, 1.54) is 5.56 Å². The summed E-state index contributed by atoms with van der Waals surface area (Å²) in [5.41, 5.74) is 3.01. The molecule has 0 spiro atoms. The summed E-state index contributed by atoms with van der Waals surface area (Å²) in [6.45, 7) is 6.98. The van der Waals surface area contributed by atoms with Gasteiger partial charge in [0.1, 0.15) is 12.1 Å². The van der Waals surface area contributed by atoms with Crippen LogP contribution in [0.1, 0.15) is 44.2 Å². The third kappa shape index (κ3) is 5.53. The van der Waals surface area contributed by atoms with Crippen LogP contribution in [0.25, 0.3) is 0 Å². The summed E-state index contributed by atoms with van der Waals surface area (Å²) in [5.74, 6) is -0.230. The molecule has 0 bridgehead atoms. The molecule has 1 unspecified atom stereocenters. The van der Waals surface area contributed by atoms with Crippen molar-refractivity contribution in [3.05, 3.63) is 59.7 Å². The van der Waals surface area contributed by atoms with Crippen LogP contribution in [0.5, 0.6) is 0 Å². The van der Waals surface area contributed by atoms with Crippen molar-refractivity contribution in [3.63, 3.8) is 0 Å². The second kappa shape index (κ2) is 10.9. The number of amides is 2. The molecule has 1 fully saturated rings. The Kier molecular flexibility index (Phi) is 7.73. The predicted octanol–water partition coefficient (Wildman–Crippen LogP) is 4.30. The number of carbonyl (C=O) groups excluding carboxylic acids is 2. The molecule has 34 heavy (non-hydrogen) atoms. The number of carbonyl (C=O) groups is 2. The largest absolute Gasteiger partial charge is 0.447 e. The van der Waals surface area contributed by atoms with Crippen LogP contribution in [-0.2, 0) is 27.1 Å². The average Bonchev–Trinajstić information content (AvgIpc) is 3.38. The van der Waals surface area contributed by atoms with Gasteiger partial charge in [0.2, 0.25) is 0 Å². The van der Waals surface area contributed by atoms with Crippen LogP contribution in [0.4, 0.5) is 16.2 Å². The SMILES string of the molecule is CCN(CC)c1ccc(NC(=O)[C@]2(NC(=O)OCC3CCCO3)CCc3ccccc3C2)cc1. The Balaban J connectivity index is 1.49. The molecule has 2 amide bonds. The number of fused-ring (bicyclic) bond motifs is 1. The zero-order valence-electron chi connectivity index (χ0n) is 20.1. The maximum absolute atomic E-state index is 13.6. The number of hydrogen-bond acceptors (Lipinski definition) is 5. The lowest BCUT2D eigenvalue weighted by Gasteiger charge is -2.37. The number of nitrogens with zero attached hydrogens (tertiary/aromatic N) is 1. The van der Waals surface area contributed by atoms with Crippen molar-refractivity contribution in [2.75, 3.05) is 36.5 Å². The number of nitrogens with one attached hydrogen (secondary N) is 2. The highest BCUT2D eigenvalue weighted by Crippen LogP contribution is 2.31. The number of aryl methyl sites for hydroxylation is 1. The third-order valence-corrected chi connectivity index (χ3v) is 6.89. The first-order valence-corrected chi connectivity index (χ1v) is 12.3. The number of ether oxygens (including phenoxy) is 2. The van der Waals surface area contributed by atoms with Crippen LogP contribution >= 0.6 is 0 Å². The Hall–Kier alpha value is -3.06. The van der Waals surface area contributed by atoms with Gasteiger partial charge in [0.05, 0.1) is 6.10 Å². The van der Waals surface area contributed by atoms with Crippen LogP contribution in [0.15, 0.2) is 48.5 Å². The van der Waals surface area contributed by atoms with Gasteiger partial charge in [0.25, 0.3) is 5.91 Å². The maximum Gasteiger partial charge on any atom is 0.408 e. The fraction of sp³-hybridized carbons (Fsp3) is 0.481. The molecule has 4 rings (SSSR count). The van der Waals surface area contributed by atoms with E-state index < -0.39 is 11.6 Å². The summed E-state index contributed by atoms with van der Waals surface area (Å²) in [4.78, 5) is 28.6. The summed E-state index contributed by atoms with van der Waals surface area (Å²) in [6.07, 6.45) is 2.84. The van der Waals surface area contributed by atoms with E-state index in [2.05, 4.69) is 35.4 Å². The first kappa shape index (κ1) is 24.1. The molecule has 2 aromatic carbocycles. The molecule has 1 aliphatic carbocycles. The van der Waals surface area contributed by atoms with E-state index in [1.54, 1.807) is 0 Å². The van der Waals surface area contributed by atoms with Gasteiger partial charge < -0.3 is 25.0 Å². The standard InChI is InChI=1S/C27H35N3O4/c1-3-30(4-2)23-13-11-22(12-14-23)28-25(31)27(16-15-20-8-5-6-9-21(20)18-27)29-26(32)34-19-24-10-7-17-33-24/h5-6,8-9,11-14,24H,3-4,7,10,15-19H2,1-2H3,(H,28,31)(H,29,32)/t24?,27-/m0/s1. The topological polar surface area (TPSA) is 79.9 Å². The minimum absolute atomic E-state index is 0.0630. The Morgan fingerprint density at radius 2 is 1.82 bits per heavy atom. The first-order valence-electron chi connectivity index (χ1n) is 12.3. The molecule has 2 N–H and O–H groups in total. The fourth-order valence-corrected chi connectivity index (χ4v) is 4.86. The van der Waals surface area contributed by atoms with E-state index >= 15 is 0 Å². The third-order valence-electron chi connectivity index (χ3n) is 6.89. The highest BCUT2D eigenvalue weighted by atomic mass is 16.6. The lowest BCUT2D eigenvalue weighted by atomic mass is 9.77. The molecule has 1 saturated heterocycles. The zero-order chi connectivity index (χ0) is 24.0. The molecule has 1 aliphatic heterocycles. The summed E-state index contributed by atoms with van der Waals surface area (Å²) in [5, 5.41) is 5.96. The molecule has 2 aromatic rings. The van der Waals surface area contributed by atoms with E-state index in [0.29, 0.717) is 31.6 Å². The first-order chi connectivity index (χ1) is 16.5. The second-order valence-corrected chi connectivity index (χ2v) is 9.06. The summed E-state index contributed by atoms with van der Waals surface area (Å²) in [7, 11) is 0. The molecule has 1 heterocycles. The fourth-order valence-electron chi connectivity index (χ4n) is 4.86. The average molecular weight is 466 g/mol. The molecule has 7 heteroatoms. The predicted molar refractivity (Wildman–Crippen MR) is 133 cm³/mol. The van der Waals surface area contributed by atoms with Crippen molar-refractivity contribution in [1.82, 2.24) is 5.32 Å². The van der Waals surface area contributed by atoms with Gasteiger partial charge in [-0.15, -0.1) is 0 Å². The number of alkyl carbamates (subject to hydrolysis) is 1. The number of benzene rings is 2. The van der Waals surface area contributed by atoms with Gasteiger partial charge >= 0.3 is 6.09 Å². The van der Waals surface area contributed by atoms with Crippen LogP contribution in [-0.4, -0.2) is 49.9 Å². The highest BCUT2D eigenvalue weighted by Gasteiger charge is 2.43. The molecule has 2 atom stereocenters. The monoisotopic (exact) mass is 465 g/mol. The van der Waals surface area contributed by atoms with E-state index in [-0.39, 0.29) is 18.6 Å². The van der Waals surface area contributed by atoms with Crippen molar-refractivity contribution in [3.8, 4) is 0 Å². The van der Waals surface area contributed by atoms with Gasteiger partial charge in [-0.05, 0) is 74.9 Å². The van der Waals surface area contributed by atoms with Gasteiger partial charge in [-0.1, -0.05) is 24.3 Å². The minimum atomic E-state index is -1.08. The lowest BCUT2D eigenvalue weighted by molar-refractivity contribution is -0.122.